The zero-order valence-electron chi connectivity index (χ0n) is 38.7. The van der Waals surface area contributed by atoms with Crippen LogP contribution in [-0.2, 0) is 59.0 Å². The minimum Gasteiger partial charge on any atom is -0.495 e. The van der Waals surface area contributed by atoms with Crippen LogP contribution in [0.1, 0.15) is 99.5 Å². The summed E-state index contributed by atoms with van der Waals surface area (Å²) in [6.07, 6.45) is -2.10. The summed E-state index contributed by atoms with van der Waals surface area (Å²) < 4.78 is 28.2. The minimum atomic E-state index is -1.75. The fraction of sp³-hybridized carbons (Fsp3) is 0.659. The maximum absolute atomic E-state index is 14.3. The first-order chi connectivity index (χ1) is 29.8. The van der Waals surface area contributed by atoms with E-state index in [4.69, 9.17) is 40.1 Å². The average molecular weight is 940 g/mol. The highest BCUT2D eigenvalue weighted by atomic mass is 35.5. The number of hydrogen-bond acceptors (Lipinski definition) is 15. The van der Waals surface area contributed by atoms with E-state index < -0.39 is 94.1 Å². The number of imide groups is 1. The summed E-state index contributed by atoms with van der Waals surface area (Å²) in [4.78, 5) is 98.0. The van der Waals surface area contributed by atoms with Crippen molar-refractivity contribution >= 4 is 70.7 Å². The number of likely N-dealkylation sites (N-methyl/N-ethyl adjacent to an activating group) is 1. The second kappa shape index (κ2) is 21.3. The Labute approximate surface area is 383 Å². The van der Waals surface area contributed by atoms with Gasteiger partial charge in [0.1, 0.15) is 40.7 Å². The molecule has 18 nitrogen and oxygen atoms in total. The van der Waals surface area contributed by atoms with Crippen molar-refractivity contribution in [3.63, 3.8) is 0 Å². The quantitative estimate of drug-likeness (QED) is 0.0726. The number of cyclic esters (lactones) is 1. The van der Waals surface area contributed by atoms with Gasteiger partial charge in [-0.2, -0.15) is 0 Å². The Bertz CT molecular complexity index is 1980. The van der Waals surface area contributed by atoms with Crippen LogP contribution in [0.5, 0.6) is 5.75 Å². The molecule has 0 saturated carbocycles. The van der Waals surface area contributed by atoms with Crippen molar-refractivity contribution in [2.24, 2.45) is 5.92 Å². The Morgan fingerprint density at radius 3 is 2.33 bits per heavy atom. The van der Waals surface area contributed by atoms with Gasteiger partial charge in [0.2, 0.25) is 11.8 Å². The number of hydrogen-bond donors (Lipinski definition) is 2. The van der Waals surface area contributed by atoms with Gasteiger partial charge in [-0.05, 0) is 65.2 Å². The molecule has 1 aromatic carbocycles. The summed E-state index contributed by atoms with van der Waals surface area (Å²) >= 11 is 7.94. The summed E-state index contributed by atoms with van der Waals surface area (Å²) in [5.74, 6) is -4.03. The molecule has 3 fully saturated rings. The number of amides is 5. The Morgan fingerprint density at radius 1 is 1.09 bits per heavy atom. The third-order valence-corrected chi connectivity index (χ3v) is 14.1. The predicted molar refractivity (Wildman–Crippen MR) is 236 cm³/mol. The van der Waals surface area contributed by atoms with Crippen LogP contribution in [0.4, 0.5) is 10.5 Å². The van der Waals surface area contributed by atoms with Crippen molar-refractivity contribution in [3.8, 4) is 5.75 Å². The molecule has 0 aromatic heterocycles. The molecule has 1 aromatic rings. The largest absolute Gasteiger partial charge is 0.495 e. The van der Waals surface area contributed by atoms with Gasteiger partial charge in [0.05, 0.1) is 31.1 Å². The highest BCUT2D eigenvalue weighted by Crippen LogP contribution is 2.49. The molecule has 4 rings (SSSR count). The minimum absolute atomic E-state index is 0.0146. The maximum Gasteiger partial charge on any atom is 0.409 e. The van der Waals surface area contributed by atoms with Gasteiger partial charge >= 0.3 is 18.0 Å². The van der Waals surface area contributed by atoms with Crippen molar-refractivity contribution in [2.75, 3.05) is 39.0 Å². The van der Waals surface area contributed by atoms with Gasteiger partial charge in [0.25, 0.3) is 11.8 Å². The number of esters is 1. The second-order valence-electron chi connectivity index (χ2n) is 17.5. The highest BCUT2D eigenvalue weighted by molar-refractivity contribution is 8.01. The average Bonchev–Trinajstić information content (AvgIpc) is 3.86. The monoisotopic (exact) mass is 938 g/mol. The number of benzene rings is 1. The SMILES string of the molecule is C/C=C(\C)Cc1cc(OC)c(Cl)c(N(C)C(=O)C[C@H](OC(=O)[C@H](C)N(C)C(=O)CCC(C)(C)SCC(=O)ON2C(=O)CCC2=O)[C@]2(C)O[C@H]2[C@H](C)[C@@H]2C[C@](O)([C@@H](C)OC)NC(=O)O2)c1. The Hall–Kier alpha value is -4.43. The molecular weight excluding hydrogens is 876 g/mol. The van der Waals surface area contributed by atoms with E-state index in [9.17, 15) is 38.7 Å². The van der Waals surface area contributed by atoms with E-state index in [0.717, 1.165) is 11.1 Å². The number of aliphatic hydroxyl groups is 1. The molecule has 20 heteroatoms. The van der Waals surface area contributed by atoms with E-state index in [-0.39, 0.29) is 49.3 Å². The highest BCUT2D eigenvalue weighted by Gasteiger charge is 2.64. The van der Waals surface area contributed by atoms with Gasteiger partial charge in [-0.25, -0.2) is 14.4 Å². The van der Waals surface area contributed by atoms with Crippen molar-refractivity contribution in [3.05, 3.63) is 34.4 Å². The molecular formula is C44H63ClN4O14S. The third-order valence-electron chi connectivity index (χ3n) is 12.4. The number of alkyl carbamates (subject to hydrolysis) is 1. The van der Waals surface area contributed by atoms with E-state index in [1.165, 1.54) is 49.8 Å². The molecule has 3 saturated heterocycles. The van der Waals surface area contributed by atoms with Crippen molar-refractivity contribution in [2.45, 2.75) is 147 Å². The van der Waals surface area contributed by atoms with Gasteiger partial charge in [-0.3, -0.25) is 24.5 Å². The normalized spacial score (nSPS) is 24.2. The van der Waals surface area contributed by atoms with E-state index in [2.05, 4.69) is 5.32 Å². The summed E-state index contributed by atoms with van der Waals surface area (Å²) in [6.45, 7) is 14.1. The number of rotatable bonds is 21. The van der Waals surface area contributed by atoms with Gasteiger partial charge in [-0.15, -0.1) is 16.8 Å². The van der Waals surface area contributed by atoms with Crippen LogP contribution in [-0.4, -0.2) is 137 Å². The molecule has 0 aliphatic carbocycles. The third kappa shape index (κ3) is 12.5. The Kier molecular flexibility index (Phi) is 17.3. The first-order valence-corrected chi connectivity index (χ1v) is 22.5. The van der Waals surface area contributed by atoms with Crippen LogP contribution in [0, 0.1) is 5.92 Å². The second-order valence-corrected chi connectivity index (χ2v) is 19.5. The van der Waals surface area contributed by atoms with Crippen molar-refractivity contribution in [1.82, 2.24) is 15.3 Å². The van der Waals surface area contributed by atoms with Crippen LogP contribution in [0.15, 0.2) is 23.8 Å². The number of thioether (sulfide) groups is 1. The molecule has 8 atom stereocenters. The molecule has 0 unspecified atom stereocenters. The number of halogens is 1. The number of carbonyl (C=O) groups is 7. The molecule has 5 amide bonds. The first kappa shape index (κ1) is 52.2. The number of ether oxygens (including phenoxy) is 5. The lowest BCUT2D eigenvalue weighted by Gasteiger charge is -2.41. The molecule has 3 heterocycles. The smallest absolute Gasteiger partial charge is 0.409 e. The number of nitrogens with one attached hydrogen (secondary N) is 1. The summed E-state index contributed by atoms with van der Waals surface area (Å²) in [5, 5.41) is 14.4. The maximum atomic E-state index is 14.3. The van der Waals surface area contributed by atoms with E-state index in [0.29, 0.717) is 22.9 Å². The topological polar surface area (TPSA) is 220 Å². The number of methoxy groups -OCH3 is 2. The zero-order valence-corrected chi connectivity index (χ0v) is 40.3. The van der Waals surface area contributed by atoms with Crippen LogP contribution in [0.3, 0.4) is 0 Å². The molecule has 64 heavy (non-hydrogen) atoms. The molecule has 0 spiro atoms. The van der Waals surface area contributed by atoms with Crippen LogP contribution >= 0.6 is 23.4 Å². The Balaban J connectivity index is 1.51. The predicted octanol–water partition coefficient (Wildman–Crippen LogP) is 4.88. The molecule has 0 radical (unpaired) electrons. The number of hydroxylamine groups is 2. The van der Waals surface area contributed by atoms with Gasteiger partial charge < -0.3 is 43.4 Å². The van der Waals surface area contributed by atoms with Gasteiger partial charge in [0, 0.05) is 57.6 Å². The van der Waals surface area contributed by atoms with Gasteiger partial charge in [-0.1, -0.05) is 44.0 Å². The lowest BCUT2D eigenvalue weighted by molar-refractivity contribution is -0.195. The molecule has 356 valence electrons. The van der Waals surface area contributed by atoms with Crippen LogP contribution in [0.25, 0.3) is 0 Å². The van der Waals surface area contributed by atoms with Crippen LogP contribution in [0.2, 0.25) is 5.02 Å². The van der Waals surface area contributed by atoms with E-state index >= 15 is 0 Å². The molecule has 0 bridgehead atoms. The molecule has 3 aliphatic rings. The number of nitrogens with zero attached hydrogens (tertiary/aromatic N) is 3. The Morgan fingerprint density at radius 2 is 1.73 bits per heavy atom. The number of epoxide rings is 1. The number of anilines is 1. The number of carbonyl (C=O) groups excluding carboxylic acids is 7. The van der Waals surface area contributed by atoms with Crippen molar-refractivity contribution < 1.29 is 67.2 Å². The van der Waals surface area contributed by atoms with Crippen LogP contribution < -0.4 is 15.0 Å². The first-order valence-electron chi connectivity index (χ1n) is 21.1. The lowest BCUT2D eigenvalue weighted by atomic mass is 9.84. The summed E-state index contributed by atoms with van der Waals surface area (Å²) in [5.41, 5.74) is -0.746. The lowest BCUT2D eigenvalue weighted by Crippen LogP contribution is -2.63. The molecule has 2 N–H and O–H groups in total. The van der Waals surface area contributed by atoms with E-state index in [1.807, 2.05) is 33.8 Å². The molecule has 3 aliphatic heterocycles. The zero-order chi connectivity index (χ0) is 48.1. The fourth-order valence-electron chi connectivity index (χ4n) is 7.48. The fourth-order valence-corrected chi connectivity index (χ4v) is 8.60. The van der Waals surface area contributed by atoms with Crippen molar-refractivity contribution in [1.29, 1.82) is 0 Å². The standard InChI is InChI=1S/C44H63ClN4O14S/c1-13-24(2)18-28-19-29(38(45)30(20-28)59-12)48(10)36(53)21-32(43(8)39(62-43)25(3)31-22-44(57,27(5)58-11)46-41(56)60-31)61-40(55)26(4)47(9)33(50)16-17-42(6,7)64-23-37(54)63-49-34(51)14-15-35(49)52/h13,19-20,25-27,31-32,39,57H,14-18,21-23H2,1-12H3,(H,46,56)/b24-13+/t25-,26+,27-,31+,32+,39+,43+,44+/m1/s1. The summed E-state index contributed by atoms with van der Waals surface area (Å²) in [7, 11) is 5.88. The number of allylic oxidation sites excluding steroid dienone is 2. The van der Waals surface area contributed by atoms with E-state index in [1.54, 1.807) is 40.0 Å². The van der Waals surface area contributed by atoms with Gasteiger partial charge in [0.15, 0.2) is 5.72 Å². The summed E-state index contributed by atoms with van der Waals surface area (Å²) in [6, 6.07) is 2.47.